The summed E-state index contributed by atoms with van der Waals surface area (Å²) in [6.45, 7) is 6.25. The lowest BCUT2D eigenvalue weighted by atomic mass is 10.2. The summed E-state index contributed by atoms with van der Waals surface area (Å²) in [5.74, 6) is 0.0785. The Morgan fingerprint density at radius 3 is 2.29 bits per heavy atom. The summed E-state index contributed by atoms with van der Waals surface area (Å²) in [5, 5.41) is 5.86. The second kappa shape index (κ2) is 8.02. The van der Waals surface area contributed by atoms with E-state index in [1.807, 2.05) is 13.8 Å². The van der Waals surface area contributed by atoms with E-state index < -0.39 is 9.84 Å². The number of rotatable bonds is 8. The summed E-state index contributed by atoms with van der Waals surface area (Å²) in [6, 6.07) is 6.15. The maximum Gasteiger partial charge on any atom is 0.242 e. The van der Waals surface area contributed by atoms with Crippen molar-refractivity contribution in [1.29, 1.82) is 0 Å². The van der Waals surface area contributed by atoms with E-state index in [0.29, 0.717) is 17.9 Å². The van der Waals surface area contributed by atoms with E-state index in [1.54, 1.807) is 31.2 Å². The first-order valence-electron chi connectivity index (χ1n) is 7.27. The average Bonchev–Trinajstić information content (AvgIpc) is 2.45. The molecule has 6 heteroatoms. The highest BCUT2D eigenvalue weighted by Crippen LogP contribution is 2.16. The van der Waals surface area contributed by atoms with Crippen molar-refractivity contribution in [3.63, 3.8) is 0 Å². The highest BCUT2D eigenvalue weighted by atomic mass is 32.2. The third-order valence-electron chi connectivity index (χ3n) is 3.01. The van der Waals surface area contributed by atoms with Crippen molar-refractivity contribution in [1.82, 2.24) is 5.32 Å². The largest absolute Gasteiger partial charge is 0.374 e. The van der Waals surface area contributed by atoms with E-state index >= 15 is 0 Å². The summed E-state index contributed by atoms with van der Waals surface area (Å²) in [7, 11) is -3.19. The molecule has 0 fully saturated rings. The normalized spacial score (nSPS) is 12.7. The standard InChI is InChI=1S/C15H24N2O3S/c1-4-10-16-15(18)12(3)17-13-6-8-14(9-7-13)21(19,20)11-5-2/h6-9,12,17H,4-5,10-11H2,1-3H3,(H,16,18). The van der Waals surface area contributed by atoms with Crippen LogP contribution in [0.4, 0.5) is 5.69 Å². The number of hydrogen-bond acceptors (Lipinski definition) is 4. The third kappa shape index (κ3) is 5.38. The molecule has 0 radical (unpaired) electrons. The Hall–Kier alpha value is -1.56. The monoisotopic (exact) mass is 312 g/mol. The smallest absolute Gasteiger partial charge is 0.242 e. The van der Waals surface area contributed by atoms with Crippen LogP contribution in [-0.4, -0.2) is 32.7 Å². The molecule has 1 aromatic carbocycles. The van der Waals surface area contributed by atoms with Crippen molar-refractivity contribution in [3.8, 4) is 0 Å². The van der Waals surface area contributed by atoms with Crippen LogP contribution in [0.15, 0.2) is 29.2 Å². The van der Waals surface area contributed by atoms with Gasteiger partial charge in [0.05, 0.1) is 10.6 Å². The molecule has 1 atom stereocenters. The van der Waals surface area contributed by atoms with Gasteiger partial charge in [-0.05, 0) is 44.0 Å². The topological polar surface area (TPSA) is 75.3 Å². The molecule has 1 amide bonds. The van der Waals surface area contributed by atoms with Crippen molar-refractivity contribution in [2.45, 2.75) is 44.6 Å². The highest BCUT2D eigenvalue weighted by Gasteiger charge is 2.14. The van der Waals surface area contributed by atoms with Crippen LogP contribution < -0.4 is 10.6 Å². The van der Waals surface area contributed by atoms with Gasteiger partial charge in [-0.1, -0.05) is 13.8 Å². The average molecular weight is 312 g/mol. The van der Waals surface area contributed by atoms with Crippen LogP contribution in [0, 0.1) is 0 Å². The molecule has 2 N–H and O–H groups in total. The number of hydrogen-bond donors (Lipinski definition) is 2. The molecule has 0 aromatic heterocycles. The summed E-state index contributed by atoms with van der Waals surface area (Å²) in [4.78, 5) is 12.1. The van der Waals surface area contributed by atoms with E-state index in [9.17, 15) is 13.2 Å². The van der Waals surface area contributed by atoms with Gasteiger partial charge in [0.1, 0.15) is 6.04 Å². The first-order chi connectivity index (χ1) is 9.90. The van der Waals surface area contributed by atoms with E-state index in [0.717, 1.165) is 12.1 Å². The minimum absolute atomic E-state index is 0.0699. The van der Waals surface area contributed by atoms with E-state index in [4.69, 9.17) is 0 Å². The number of anilines is 1. The molecule has 0 bridgehead atoms. The van der Waals surface area contributed by atoms with Crippen molar-refractivity contribution in [2.24, 2.45) is 0 Å². The van der Waals surface area contributed by atoms with Gasteiger partial charge in [0.15, 0.2) is 9.84 Å². The number of benzene rings is 1. The lowest BCUT2D eigenvalue weighted by Crippen LogP contribution is -2.37. The number of amides is 1. The molecular formula is C15H24N2O3S. The van der Waals surface area contributed by atoms with Crippen LogP contribution in [0.25, 0.3) is 0 Å². The van der Waals surface area contributed by atoms with Gasteiger partial charge in [-0.3, -0.25) is 4.79 Å². The van der Waals surface area contributed by atoms with Gasteiger partial charge < -0.3 is 10.6 Å². The van der Waals surface area contributed by atoms with Gasteiger partial charge >= 0.3 is 0 Å². The Bertz CT molecular complexity index is 553. The van der Waals surface area contributed by atoms with Gasteiger partial charge in [0.25, 0.3) is 0 Å². The Morgan fingerprint density at radius 1 is 1.14 bits per heavy atom. The molecule has 1 aromatic rings. The Labute approximate surface area is 127 Å². The zero-order chi connectivity index (χ0) is 15.9. The highest BCUT2D eigenvalue weighted by molar-refractivity contribution is 7.91. The molecule has 118 valence electrons. The summed E-state index contributed by atoms with van der Waals surface area (Å²) in [5.41, 5.74) is 0.726. The minimum Gasteiger partial charge on any atom is -0.374 e. The number of sulfone groups is 1. The van der Waals surface area contributed by atoms with Gasteiger partial charge in [-0.2, -0.15) is 0 Å². The number of carbonyl (C=O) groups excluding carboxylic acids is 1. The van der Waals surface area contributed by atoms with Crippen LogP contribution in [-0.2, 0) is 14.6 Å². The maximum atomic E-state index is 11.9. The van der Waals surface area contributed by atoms with E-state index in [1.165, 1.54) is 0 Å². The van der Waals surface area contributed by atoms with Crippen molar-refractivity contribution in [3.05, 3.63) is 24.3 Å². The second-order valence-corrected chi connectivity index (χ2v) is 7.11. The van der Waals surface area contributed by atoms with Crippen LogP contribution in [0.1, 0.15) is 33.6 Å². The zero-order valence-corrected chi connectivity index (χ0v) is 13.7. The number of carbonyl (C=O) groups is 1. The third-order valence-corrected chi connectivity index (χ3v) is 4.95. The molecule has 0 aliphatic carbocycles. The quantitative estimate of drug-likeness (QED) is 0.771. The van der Waals surface area contributed by atoms with Crippen LogP contribution >= 0.6 is 0 Å². The summed E-state index contributed by atoms with van der Waals surface area (Å²) >= 11 is 0. The fourth-order valence-corrected chi connectivity index (χ4v) is 3.19. The fourth-order valence-electron chi connectivity index (χ4n) is 1.86. The van der Waals surface area contributed by atoms with Crippen molar-refractivity contribution < 1.29 is 13.2 Å². The van der Waals surface area contributed by atoms with Crippen LogP contribution in [0.5, 0.6) is 0 Å². The van der Waals surface area contributed by atoms with Crippen LogP contribution in [0.3, 0.4) is 0 Å². The molecule has 0 spiro atoms. The molecule has 0 aliphatic rings. The Balaban J connectivity index is 2.69. The summed E-state index contributed by atoms with van der Waals surface area (Å²) < 4.78 is 23.8. The molecule has 0 heterocycles. The molecule has 1 unspecified atom stereocenters. The molecule has 0 saturated carbocycles. The second-order valence-electron chi connectivity index (χ2n) is 5.00. The molecule has 0 aliphatic heterocycles. The SMILES string of the molecule is CCCNC(=O)C(C)Nc1ccc(S(=O)(=O)CCC)cc1. The zero-order valence-electron chi connectivity index (χ0n) is 12.8. The first kappa shape index (κ1) is 17.5. The Morgan fingerprint density at radius 2 is 1.76 bits per heavy atom. The van der Waals surface area contributed by atoms with E-state index in [-0.39, 0.29) is 17.7 Å². The molecule has 5 nitrogen and oxygen atoms in total. The Kier molecular flexibility index (Phi) is 6.68. The molecule has 21 heavy (non-hydrogen) atoms. The van der Waals surface area contributed by atoms with Crippen LogP contribution in [0.2, 0.25) is 0 Å². The van der Waals surface area contributed by atoms with Crippen molar-refractivity contribution in [2.75, 3.05) is 17.6 Å². The van der Waals surface area contributed by atoms with Gasteiger partial charge in [-0.25, -0.2) is 8.42 Å². The molecular weight excluding hydrogens is 288 g/mol. The van der Waals surface area contributed by atoms with Gasteiger partial charge in [0, 0.05) is 12.2 Å². The lowest BCUT2D eigenvalue weighted by molar-refractivity contribution is -0.121. The van der Waals surface area contributed by atoms with Gasteiger partial charge in [0.2, 0.25) is 5.91 Å². The van der Waals surface area contributed by atoms with E-state index in [2.05, 4.69) is 10.6 Å². The predicted molar refractivity (Wildman–Crippen MR) is 85.2 cm³/mol. The minimum atomic E-state index is -3.19. The number of nitrogens with one attached hydrogen (secondary N) is 2. The lowest BCUT2D eigenvalue weighted by Gasteiger charge is -2.15. The van der Waals surface area contributed by atoms with Gasteiger partial charge in [-0.15, -0.1) is 0 Å². The van der Waals surface area contributed by atoms with Crippen molar-refractivity contribution >= 4 is 21.4 Å². The summed E-state index contributed by atoms with van der Waals surface area (Å²) in [6.07, 6.45) is 1.49. The molecule has 1 rings (SSSR count). The molecule has 0 saturated heterocycles. The fraction of sp³-hybridized carbons (Fsp3) is 0.533. The maximum absolute atomic E-state index is 11.9. The predicted octanol–water partition coefficient (Wildman–Crippen LogP) is 2.20. The first-order valence-corrected chi connectivity index (χ1v) is 8.93.